The van der Waals surface area contributed by atoms with Gasteiger partial charge in [-0.3, -0.25) is 10.1 Å². The summed E-state index contributed by atoms with van der Waals surface area (Å²) in [5.41, 5.74) is 1.36. The van der Waals surface area contributed by atoms with Crippen molar-refractivity contribution in [2.75, 3.05) is 6.61 Å². The van der Waals surface area contributed by atoms with Crippen molar-refractivity contribution in [3.05, 3.63) is 39.9 Å². The maximum atomic E-state index is 10.6. The van der Waals surface area contributed by atoms with Gasteiger partial charge in [0, 0.05) is 18.7 Å². The molecule has 1 rings (SSSR count). The molecule has 0 saturated carbocycles. The zero-order chi connectivity index (χ0) is 16.9. The van der Waals surface area contributed by atoms with Crippen LogP contribution < -0.4 is 0 Å². The highest BCUT2D eigenvalue weighted by Crippen LogP contribution is 2.24. The monoisotopic (exact) mass is 321 g/mol. The molecule has 1 N–H and O–H groups in total. The number of benzene rings is 1. The van der Waals surface area contributed by atoms with Crippen LogP contribution in [0.1, 0.15) is 82.6 Å². The molecular formula is C19H31NO3. The predicted molar refractivity (Wildman–Crippen MR) is 94.8 cm³/mol. The van der Waals surface area contributed by atoms with E-state index in [2.05, 4.69) is 6.92 Å². The molecule has 4 heteroatoms. The van der Waals surface area contributed by atoms with E-state index in [-0.39, 0.29) is 10.6 Å². The van der Waals surface area contributed by atoms with Gasteiger partial charge < -0.3 is 5.11 Å². The SMILES string of the molecule is CC(CCCCCCCCCCCO)c1ccc([N+](=O)[O-])cc1. The fraction of sp³-hybridized carbons (Fsp3) is 0.684. The first-order valence-electron chi connectivity index (χ1n) is 9.00. The molecule has 1 aromatic carbocycles. The summed E-state index contributed by atoms with van der Waals surface area (Å²) in [6.07, 6.45) is 12.2. The molecule has 1 unspecified atom stereocenters. The second-order valence-electron chi connectivity index (χ2n) is 6.44. The molecule has 1 atom stereocenters. The summed E-state index contributed by atoms with van der Waals surface area (Å²) < 4.78 is 0. The first-order valence-corrected chi connectivity index (χ1v) is 9.00. The van der Waals surface area contributed by atoms with Crippen molar-refractivity contribution >= 4 is 5.69 Å². The molecule has 0 bridgehead atoms. The van der Waals surface area contributed by atoms with Gasteiger partial charge in [0.15, 0.2) is 0 Å². The van der Waals surface area contributed by atoms with Gasteiger partial charge >= 0.3 is 0 Å². The Labute approximate surface area is 140 Å². The van der Waals surface area contributed by atoms with Gasteiger partial charge in [0.05, 0.1) is 4.92 Å². The summed E-state index contributed by atoms with van der Waals surface area (Å²) in [4.78, 5) is 10.3. The number of non-ortho nitro benzene ring substituents is 1. The Morgan fingerprint density at radius 2 is 1.39 bits per heavy atom. The first kappa shape index (κ1) is 19.6. The Morgan fingerprint density at radius 1 is 0.913 bits per heavy atom. The fourth-order valence-corrected chi connectivity index (χ4v) is 2.89. The van der Waals surface area contributed by atoms with Crippen LogP contribution in [0.3, 0.4) is 0 Å². The third-order valence-electron chi connectivity index (χ3n) is 4.47. The Hall–Kier alpha value is -1.42. The van der Waals surface area contributed by atoms with E-state index in [1.807, 2.05) is 12.1 Å². The molecule has 1 aromatic rings. The lowest BCUT2D eigenvalue weighted by Gasteiger charge is -2.11. The molecule has 0 fully saturated rings. The third-order valence-corrected chi connectivity index (χ3v) is 4.47. The van der Waals surface area contributed by atoms with Gasteiger partial charge in [0.25, 0.3) is 5.69 Å². The summed E-state index contributed by atoms with van der Waals surface area (Å²) in [6.45, 7) is 2.52. The van der Waals surface area contributed by atoms with Crippen molar-refractivity contribution < 1.29 is 10.0 Å². The van der Waals surface area contributed by atoms with Crippen molar-refractivity contribution in [2.45, 2.75) is 77.0 Å². The fourth-order valence-electron chi connectivity index (χ4n) is 2.89. The van der Waals surface area contributed by atoms with Crippen LogP contribution >= 0.6 is 0 Å². The molecule has 0 aromatic heterocycles. The lowest BCUT2D eigenvalue weighted by atomic mass is 9.94. The molecule has 0 radical (unpaired) electrons. The van der Waals surface area contributed by atoms with Crippen molar-refractivity contribution in [1.82, 2.24) is 0 Å². The molecule has 0 aliphatic heterocycles. The zero-order valence-electron chi connectivity index (χ0n) is 14.4. The molecule has 4 nitrogen and oxygen atoms in total. The van der Waals surface area contributed by atoms with E-state index in [0.717, 1.165) is 19.3 Å². The van der Waals surface area contributed by atoms with Gasteiger partial charge in [0.2, 0.25) is 0 Å². The van der Waals surface area contributed by atoms with Gasteiger partial charge in [-0.1, -0.05) is 70.4 Å². The highest BCUT2D eigenvalue weighted by molar-refractivity contribution is 5.34. The van der Waals surface area contributed by atoms with Crippen LogP contribution in [-0.4, -0.2) is 16.6 Å². The van der Waals surface area contributed by atoms with Gasteiger partial charge in [-0.15, -0.1) is 0 Å². The normalized spacial score (nSPS) is 12.3. The van der Waals surface area contributed by atoms with E-state index in [1.54, 1.807) is 12.1 Å². The molecule has 23 heavy (non-hydrogen) atoms. The number of nitro groups is 1. The first-order chi connectivity index (χ1) is 11.1. The largest absolute Gasteiger partial charge is 0.396 e. The zero-order valence-corrected chi connectivity index (χ0v) is 14.4. The quantitative estimate of drug-likeness (QED) is 0.292. The smallest absolute Gasteiger partial charge is 0.269 e. The summed E-state index contributed by atoms with van der Waals surface area (Å²) >= 11 is 0. The minimum atomic E-state index is -0.349. The Morgan fingerprint density at radius 3 is 1.87 bits per heavy atom. The number of aliphatic hydroxyl groups excluding tert-OH is 1. The highest BCUT2D eigenvalue weighted by Gasteiger charge is 2.08. The molecule has 0 aliphatic rings. The summed E-state index contributed by atoms with van der Waals surface area (Å²) in [5, 5.41) is 19.3. The van der Waals surface area contributed by atoms with E-state index < -0.39 is 0 Å². The number of hydrogen-bond donors (Lipinski definition) is 1. The lowest BCUT2D eigenvalue weighted by molar-refractivity contribution is -0.384. The van der Waals surface area contributed by atoms with Crippen LogP contribution in [0.4, 0.5) is 5.69 Å². The summed E-state index contributed by atoms with van der Waals surface area (Å²) in [7, 11) is 0. The van der Waals surface area contributed by atoms with Crippen molar-refractivity contribution in [3.63, 3.8) is 0 Å². The van der Waals surface area contributed by atoms with E-state index in [1.165, 1.54) is 50.5 Å². The Balaban J connectivity index is 2.05. The summed E-state index contributed by atoms with van der Waals surface area (Å²) in [5.74, 6) is 0.467. The second-order valence-corrected chi connectivity index (χ2v) is 6.44. The van der Waals surface area contributed by atoms with Gasteiger partial charge in [-0.25, -0.2) is 0 Å². The molecule has 130 valence electrons. The maximum Gasteiger partial charge on any atom is 0.269 e. The van der Waals surface area contributed by atoms with Gasteiger partial charge in [-0.05, 0) is 24.3 Å². The van der Waals surface area contributed by atoms with Crippen molar-refractivity contribution in [1.29, 1.82) is 0 Å². The minimum Gasteiger partial charge on any atom is -0.396 e. The minimum absolute atomic E-state index is 0.167. The van der Waals surface area contributed by atoms with Crippen molar-refractivity contribution in [3.8, 4) is 0 Å². The predicted octanol–water partition coefficient (Wildman–Crippen LogP) is 5.59. The third kappa shape index (κ3) is 8.70. The number of hydrogen-bond acceptors (Lipinski definition) is 3. The molecule has 0 heterocycles. The van der Waals surface area contributed by atoms with E-state index in [9.17, 15) is 10.1 Å². The highest BCUT2D eigenvalue weighted by atomic mass is 16.6. The van der Waals surface area contributed by atoms with Crippen LogP contribution in [0.2, 0.25) is 0 Å². The van der Waals surface area contributed by atoms with Crippen LogP contribution in [0.25, 0.3) is 0 Å². The average molecular weight is 321 g/mol. The van der Waals surface area contributed by atoms with Gasteiger partial charge in [-0.2, -0.15) is 0 Å². The van der Waals surface area contributed by atoms with E-state index in [4.69, 9.17) is 5.11 Å². The Bertz CT molecular complexity index is 431. The molecule has 0 spiro atoms. The molecule has 0 amide bonds. The van der Waals surface area contributed by atoms with Crippen molar-refractivity contribution in [2.24, 2.45) is 0 Å². The number of nitro benzene ring substituents is 1. The number of unbranched alkanes of at least 4 members (excludes halogenated alkanes) is 8. The number of nitrogens with zero attached hydrogens (tertiary/aromatic N) is 1. The topological polar surface area (TPSA) is 63.4 Å². The average Bonchev–Trinajstić information content (AvgIpc) is 2.56. The van der Waals surface area contributed by atoms with Gasteiger partial charge in [0.1, 0.15) is 0 Å². The van der Waals surface area contributed by atoms with Crippen LogP contribution in [-0.2, 0) is 0 Å². The second kappa shape index (κ2) is 12.1. The standard InChI is InChI=1S/C19H31NO3/c1-17(18-12-14-19(15-13-18)20(22)23)11-9-7-5-3-2-4-6-8-10-16-21/h12-15,17,21H,2-11,16H2,1H3. The van der Waals surface area contributed by atoms with E-state index in [0.29, 0.717) is 12.5 Å². The summed E-state index contributed by atoms with van der Waals surface area (Å²) in [6, 6.07) is 6.97. The molecular weight excluding hydrogens is 290 g/mol. The van der Waals surface area contributed by atoms with Crippen LogP contribution in [0, 0.1) is 10.1 Å². The number of rotatable bonds is 13. The molecule has 0 saturated heterocycles. The van der Waals surface area contributed by atoms with E-state index >= 15 is 0 Å². The van der Waals surface area contributed by atoms with Crippen LogP contribution in [0.5, 0.6) is 0 Å². The number of aliphatic hydroxyl groups is 1. The maximum absolute atomic E-state index is 10.6. The lowest BCUT2D eigenvalue weighted by Crippen LogP contribution is -1.95. The Kier molecular flexibility index (Phi) is 10.3. The molecule has 0 aliphatic carbocycles. The van der Waals surface area contributed by atoms with Crippen LogP contribution in [0.15, 0.2) is 24.3 Å².